The van der Waals surface area contributed by atoms with Gasteiger partial charge in [-0.15, -0.1) is 0 Å². The van der Waals surface area contributed by atoms with Crippen LogP contribution >= 0.6 is 0 Å². The zero-order valence-corrected chi connectivity index (χ0v) is 9.40. The minimum absolute atomic E-state index is 0.213. The third-order valence-corrected chi connectivity index (χ3v) is 2.77. The van der Waals surface area contributed by atoms with Crippen molar-refractivity contribution in [1.82, 2.24) is 0 Å². The van der Waals surface area contributed by atoms with E-state index in [4.69, 9.17) is 14.7 Å². The van der Waals surface area contributed by atoms with Crippen LogP contribution in [0.4, 0.5) is 0 Å². The van der Waals surface area contributed by atoms with E-state index >= 15 is 0 Å². The van der Waals surface area contributed by atoms with Gasteiger partial charge < -0.3 is 9.47 Å². The Hall–Kier alpha value is -1.53. The van der Waals surface area contributed by atoms with Gasteiger partial charge in [-0.1, -0.05) is 6.07 Å². The summed E-state index contributed by atoms with van der Waals surface area (Å²) in [6.45, 7) is 3.40. The molecule has 0 radical (unpaired) electrons. The molecule has 0 amide bonds. The molecule has 2 rings (SSSR count). The fourth-order valence-corrected chi connectivity index (χ4v) is 1.78. The number of nitrogens with zero attached hydrogens (tertiary/aromatic N) is 1. The quantitative estimate of drug-likeness (QED) is 0.780. The summed E-state index contributed by atoms with van der Waals surface area (Å²) in [6.07, 6.45) is 2.40. The van der Waals surface area contributed by atoms with E-state index in [1.54, 1.807) is 12.1 Å². The Morgan fingerprint density at radius 2 is 2.44 bits per heavy atom. The Balaban J connectivity index is 2.00. The summed E-state index contributed by atoms with van der Waals surface area (Å²) in [4.78, 5) is 0. The zero-order chi connectivity index (χ0) is 11.4. The average Bonchev–Trinajstić information content (AvgIpc) is 2.81. The van der Waals surface area contributed by atoms with E-state index < -0.39 is 0 Å². The van der Waals surface area contributed by atoms with Crippen LogP contribution in [0.5, 0.6) is 5.75 Å². The van der Waals surface area contributed by atoms with Gasteiger partial charge in [0.05, 0.1) is 17.7 Å². The van der Waals surface area contributed by atoms with Crippen molar-refractivity contribution in [1.29, 1.82) is 5.26 Å². The normalized spacial score (nSPS) is 19.4. The molecule has 3 heteroatoms. The molecule has 1 aliphatic heterocycles. The molecular formula is C13H15NO2. The maximum Gasteiger partial charge on any atom is 0.123 e. The van der Waals surface area contributed by atoms with Gasteiger partial charge in [-0.05, 0) is 37.5 Å². The van der Waals surface area contributed by atoms with Crippen LogP contribution in [0.15, 0.2) is 18.2 Å². The highest BCUT2D eigenvalue weighted by Crippen LogP contribution is 2.21. The Labute approximate surface area is 95.6 Å². The molecule has 0 aliphatic carbocycles. The number of hydrogen-bond acceptors (Lipinski definition) is 3. The molecule has 84 valence electrons. The Morgan fingerprint density at radius 3 is 3.12 bits per heavy atom. The number of ether oxygens (including phenoxy) is 2. The number of rotatable bonds is 3. The smallest absolute Gasteiger partial charge is 0.123 e. The molecule has 1 fully saturated rings. The van der Waals surface area contributed by atoms with Crippen LogP contribution in [-0.2, 0) is 4.74 Å². The van der Waals surface area contributed by atoms with Gasteiger partial charge >= 0.3 is 0 Å². The highest BCUT2D eigenvalue weighted by atomic mass is 16.5. The largest absolute Gasteiger partial charge is 0.491 e. The second kappa shape index (κ2) is 5.00. The van der Waals surface area contributed by atoms with Gasteiger partial charge in [0.1, 0.15) is 12.4 Å². The first-order valence-corrected chi connectivity index (χ1v) is 5.55. The standard InChI is InChI=1S/C13H15NO2/c1-10-4-5-11(8-14)7-13(10)16-9-12-3-2-6-15-12/h4-5,7,12H,2-3,6,9H2,1H3. The first kappa shape index (κ1) is 11.0. The van der Waals surface area contributed by atoms with Crippen molar-refractivity contribution in [3.8, 4) is 11.8 Å². The van der Waals surface area contributed by atoms with Gasteiger partial charge in [-0.25, -0.2) is 0 Å². The SMILES string of the molecule is Cc1ccc(C#N)cc1OCC1CCCO1. The third kappa shape index (κ3) is 2.53. The first-order chi connectivity index (χ1) is 7.79. The summed E-state index contributed by atoms with van der Waals surface area (Å²) in [5.74, 6) is 0.787. The van der Waals surface area contributed by atoms with Crippen molar-refractivity contribution in [2.24, 2.45) is 0 Å². The van der Waals surface area contributed by atoms with E-state index in [1.807, 2.05) is 13.0 Å². The number of benzene rings is 1. The molecular weight excluding hydrogens is 202 g/mol. The predicted octanol–water partition coefficient (Wildman–Crippen LogP) is 2.42. The van der Waals surface area contributed by atoms with E-state index in [9.17, 15) is 0 Å². The number of aryl methyl sites for hydroxylation is 1. The van der Waals surface area contributed by atoms with Gasteiger partial charge in [-0.3, -0.25) is 0 Å². The molecule has 16 heavy (non-hydrogen) atoms. The first-order valence-electron chi connectivity index (χ1n) is 5.55. The lowest BCUT2D eigenvalue weighted by molar-refractivity contribution is 0.0677. The van der Waals surface area contributed by atoms with Crippen LogP contribution in [0, 0.1) is 18.3 Å². The second-order valence-electron chi connectivity index (χ2n) is 4.04. The lowest BCUT2D eigenvalue weighted by Crippen LogP contribution is -2.16. The Kier molecular flexibility index (Phi) is 3.43. The monoisotopic (exact) mass is 217 g/mol. The maximum atomic E-state index is 8.80. The van der Waals surface area contributed by atoms with Crippen LogP contribution in [0.3, 0.4) is 0 Å². The maximum absolute atomic E-state index is 8.80. The second-order valence-corrected chi connectivity index (χ2v) is 4.04. The van der Waals surface area contributed by atoms with Crippen molar-refractivity contribution in [3.05, 3.63) is 29.3 Å². The minimum atomic E-state index is 0.213. The molecule has 1 aromatic carbocycles. The Bertz CT molecular complexity index is 403. The van der Waals surface area contributed by atoms with Crippen molar-refractivity contribution in [2.45, 2.75) is 25.9 Å². The predicted molar refractivity (Wildman–Crippen MR) is 60.4 cm³/mol. The summed E-state index contributed by atoms with van der Waals surface area (Å²) < 4.78 is 11.2. The Morgan fingerprint density at radius 1 is 1.56 bits per heavy atom. The van der Waals surface area contributed by atoms with Crippen molar-refractivity contribution in [3.63, 3.8) is 0 Å². The number of nitriles is 1. The van der Waals surface area contributed by atoms with E-state index in [-0.39, 0.29) is 6.10 Å². The highest BCUT2D eigenvalue weighted by molar-refractivity contribution is 5.41. The molecule has 1 aromatic rings. The summed E-state index contributed by atoms with van der Waals surface area (Å²) in [5.41, 5.74) is 1.69. The van der Waals surface area contributed by atoms with Crippen molar-refractivity contribution >= 4 is 0 Å². The molecule has 1 unspecified atom stereocenters. The molecule has 3 nitrogen and oxygen atoms in total. The van der Waals surface area contributed by atoms with Gasteiger partial charge in [0.25, 0.3) is 0 Å². The van der Waals surface area contributed by atoms with Crippen LogP contribution in [0.2, 0.25) is 0 Å². The summed E-state index contributed by atoms with van der Waals surface area (Å²) >= 11 is 0. The molecule has 0 aromatic heterocycles. The van der Waals surface area contributed by atoms with Crippen molar-refractivity contribution < 1.29 is 9.47 Å². The molecule has 1 aliphatic rings. The molecule has 1 saturated heterocycles. The van der Waals surface area contributed by atoms with Gasteiger partial charge in [0, 0.05) is 6.61 Å². The van der Waals surface area contributed by atoms with Crippen LogP contribution in [0.25, 0.3) is 0 Å². The summed E-state index contributed by atoms with van der Waals surface area (Å²) in [6, 6.07) is 7.60. The molecule has 0 N–H and O–H groups in total. The molecule has 0 bridgehead atoms. The van der Waals surface area contributed by atoms with Crippen molar-refractivity contribution in [2.75, 3.05) is 13.2 Å². The highest BCUT2D eigenvalue weighted by Gasteiger charge is 2.16. The van der Waals surface area contributed by atoms with Gasteiger partial charge in [0.2, 0.25) is 0 Å². The third-order valence-electron chi connectivity index (χ3n) is 2.77. The average molecular weight is 217 g/mol. The molecule has 0 spiro atoms. The summed E-state index contributed by atoms with van der Waals surface area (Å²) in [5, 5.41) is 8.80. The van der Waals surface area contributed by atoms with E-state index in [0.29, 0.717) is 12.2 Å². The lowest BCUT2D eigenvalue weighted by atomic mass is 10.1. The van der Waals surface area contributed by atoms with Gasteiger partial charge in [0.15, 0.2) is 0 Å². The lowest BCUT2D eigenvalue weighted by Gasteiger charge is -2.13. The molecule has 1 heterocycles. The van der Waals surface area contributed by atoms with Crippen LogP contribution < -0.4 is 4.74 Å². The van der Waals surface area contributed by atoms with Crippen LogP contribution in [-0.4, -0.2) is 19.3 Å². The van der Waals surface area contributed by atoms with Crippen LogP contribution in [0.1, 0.15) is 24.0 Å². The van der Waals surface area contributed by atoms with Gasteiger partial charge in [-0.2, -0.15) is 5.26 Å². The topological polar surface area (TPSA) is 42.2 Å². The van der Waals surface area contributed by atoms with E-state index in [2.05, 4.69) is 6.07 Å². The molecule has 0 saturated carbocycles. The summed E-state index contributed by atoms with van der Waals surface area (Å²) in [7, 11) is 0. The van der Waals surface area contributed by atoms with E-state index in [0.717, 1.165) is 30.8 Å². The fraction of sp³-hybridized carbons (Fsp3) is 0.462. The van der Waals surface area contributed by atoms with E-state index in [1.165, 1.54) is 0 Å². The fourth-order valence-electron chi connectivity index (χ4n) is 1.78. The number of hydrogen-bond donors (Lipinski definition) is 0. The minimum Gasteiger partial charge on any atom is -0.491 e. The molecule has 1 atom stereocenters. The zero-order valence-electron chi connectivity index (χ0n) is 9.40.